The maximum Gasteiger partial charge on any atom is 0.360 e. The van der Waals surface area contributed by atoms with E-state index in [2.05, 4.69) is 15.3 Å². The number of carbonyl (C=O) groups is 1. The standard InChI is InChI=1S/C12H13ClN4O2/c1-3-19-12(18)11-8(2)17(16-15-11)7-9-4-5-14-6-10(9)13/h4-6H,3,7H2,1-2H3. The summed E-state index contributed by atoms with van der Waals surface area (Å²) in [5, 5.41) is 8.33. The summed E-state index contributed by atoms with van der Waals surface area (Å²) in [4.78, 5) is 15.5. The maximum absolute atomic E-state index is 11.6. The highest BCUT2D eigenvalue weighted by Crippen LogP contribution is 2.16. The van der Waals surface area contributed by atoms with E-state index in [0.717, 1.165) is 5.56 Å². The summed E-state index contributed by atoms with van der Waals surface area (Å²) < 4.78 is 6.51. The molecule has 0 N–H and O–H groups in total. The van der Waals surface area contributed by atoms with Gasteiger partial charge in [-0.1, -0.05) is 16.8 Å². The van der Waals surface area contributed by atoms with Gasteiger partial charge in [-0.3, -0.25) is 4.98 Å². The second-order valence-corrected chi connectivity index (χ2v) is 4.28. The Morgan fingerprint density at radius 1 is 1.53 bits per heavy atom. The zero-order chi connectivity index (χ0) is 13.8. The lowest BCUT2D eigenvalue weighted by Gasteiger charge is -2.05. The quantitative estimate of drug-likeness (QED) is 0.800. The first kappa shape index (κ1) is 13.5. The number of hydrogen-bond acceptors (Lipinski definition) is 5. The summed E-state index contributed by atoms with van der Waals surface area (Å²) in [7, 11) is 0. The van der Waals surface area contributed by atoms with E-state index in [4.69, 9.17) is 16.3 Å². The van der Waals surface area contributed by atoms with Crippen LogP contribution in [0.5, 0.6) is 0 Å². The molecule has 2 heterocycles. The van der Waals surface area contributed by atoms with E-state index in [1.54, 1.807) is 37.0 Å². The molecule has 0 radical (unpaired) electrons. The number of pyridine rings is 1. The van der Waals surface area contributed by atoms with Crippen LogP contribution in [0.3, 0.4) is 0 Å². The third-order valence-corrected chi connectivity index (χ3v) is 2.97. The topological polar surface area (TPSA) is 69.9 Å². The number of halogens is 1. The molecule has 0 bridgehead atoms. The van der Waals surface area contributed by atoms with E-state index in [9.17, 15) is 4.79 Å². The normalized spacial score (nSPS) is 10.5. The van der Waals surface area contributed by atoms with Crippen molar-refractivity contribution in [2.75, 3.05) is 6.61 Å². The van der Waals surface area contributed by atoms with Crippen molar-refractivity contribution in [1.82, 2.24) is 20.0 Å². The van der Waals surface area contributed by atoms with Crippen LogP contribution in [0, 0.1) is 6.92 Å². The Bertz CT molecular complexity index is 597. The second-order valence-electron chi connectivity index (χ2n) is 3.87. The zero-order valence-corrected chi connectivity index (χ0v) is 11.4. The summed E-state index contributed by atoms with van der Waals surface area (Å²) >= 11 is 6.03. The number of nitrogens with zero attached hydrogens (tertiary/aromatic N) is 4. The average molecular weight is 281 g/mol. The Labute approximate surface area is 115 Å². The molecular weight excluding hydrogens is 268 g/mol. The average Bonchev–Trinajstić information content (AvgIpc) is 2.74. The van der Waals surface area contributed by atoms with Gasteiger partial charge in [0.2, 0.25) is 0 Å². The fourth-order valence-corrected chi connectivity index (χ4v) is 1.77. The van der Waals surface area contributed by atoms with Crippen molar-refractivity contribution in [3.63, 3.8) is 0 Å². The van der Waals surface area contributed by atoms with Crippen molar-refractivity contribution in [1.29, 1.82) is 0 Å². The summed E-state index contributed by atoms with van der Waals surface area (Å²) in [6.45, 7) is 4.25. The highest BCUT2D eigenvalue weighted by molar-refractivity contribution is 6.31. The number of aromatic nitrogens is 4. The molecule has 2 aromatic rings. The minimum atomic E-state index is -0.466. The third-order valence-electron chi connectivity index (χ3n) is 2.63. The van der Waals surface area contributed by atoms with Crippen LogP contribution in [0.1, 0.15) is 28.7 Å². The molecule has 0 saturated heterocycles. The molecule has 2 rings (SSSR count). The first-order valence-electron chi connectivity index (χ1n) is 5.79. The van der Waals surface area contributed by atoms with Crippen molar-refractivity contribution in [3.05, 3.63) is 40.4 Å². The van der Waals surface area contributed by atoms with Crippen LogP contribution in [0.2, 0.25) is 5.02 Å². The summed E-state index contributed by atoms with van der Waals surface area (Å²) in [6, 6.07) is 1.80. The van der Waals surface area contributed by atoms with E-state index >= 15 is 0 Å². The summed E-state index contributed by atoms with van der Waals surface area (Å²) in [5.41, 5.74) is 1.73. The number of rotatable bonds is 4. The monoisotopic (exact) mass is 280 g/mol. The molecule has 2 aromatic heterocycles. The zero-order valence-electron chi connectivity index (χ0n) is 10.6. The van der Waals surface area contributed by atoms with Gasteiger partial charge in [-0.25, -0.2) is 9.48 Å². The van der Waals surface area contributed by atoms with Gasteiger partial charge < -0.3 is 4.74 Å². The predicted octanol–water partition coefficient (Wildman–Crippen LogP) is 1.86. The third kappa shape index (κ3) is 2.90. The van der Waals surface area contributed by atoms with E-state index in [-0.39, 0.29) is 5.69 Å². The Hall–Kier alpha value is -1.95. The van der Waals surface area contributed by atoms with E-state index in [1.165, 1.54) is 0 Å². The first-order chi connectivity index (χ1) is 9.13. The molecule has 0 aromatic carbocycles. The molecule has 0 unspecified atom stereocenters. The van der Waals surface area contributed by atoms with Gasteiger partial charge in [0.25, 0.3) is 0 Å². The molecular formula is C12H13ClN4O2. The van der Waals surface area contributed by atoms with Gasteiger partial charge in [0.15, 0.2) is 5.69 Å². The summed E-state index contributed by atoms with van der Waals surface area (Å²) in [6.07, 6.45) is 3.22. The highest BCUT2D eigenvalue weighted by Gasteiger charge is 2.17. The van der Waals surface area contributed by atoms with Crippen LogP contribution < -0.4 is 0 Å². The lowest BCUT2D eigenvalue weighted by molar-refractivity contribution is 0.0518. The number of esters is 1. The van der Waals surface area contributed by atoms with E-state index < -0.39 is 5.97 Å². The van der Waals surface area contributed by atoms with Gasteiger partial charge in [0.05, 0.1) is 23.9 Å². The Morgan fingerprint density at radius 3 is 3.00 bits per heavy atom. The fourth-order valence-electron chi connectivity index (χ4n) is 1.59. The Morgan fingerprint density at radius 2 is 2.32 bits per heavy atom. The fraction of sp³-hybridized carbons (Fsp3) is 0.333. The molecule has 0 amide bonds. The lowest BCUT2D eigenvalue weighted by atomic mass is 10.2. The van der Waals surface area contributed by atoms with Gasteiger partial charge >= 0.3 is 5.97 Å². The van der Waals surface area contributed by atoms with Crippen molar-refractivity contribution in [2.45, 2.75) is 20.4 Å². The molecule has 100 valence electrons. The molecule has 6 nitrogen and oxygen atoms in total. The van der Waals surface area contributed by atoms with Crippen molar-refractivity contribution in [2.24, 2.45) is 0 Å². The maximum atomic E-state index is 11.6. The van der Waals surface area contributed by atoms with Crippen LogP contribution in [0.25, 0.3) is 0 Å². The first-order valence-corrected chi connectivity index (χ1v) is 6.17. The van der Waals surface area contributed by atoms with Crippen molar-refractivity contribution in [3.8, 4) is 0 Å². The Balaban J connectivity index is 2.23. The molecule has 0 aliphatic carbocycles. The lowest BCUT2D eigenvalue weighted by Crippen LogP contribution is -2.09. The number of ether oxygens (including phenoxy) is 1. The molecule has 0 spiro atoms. The largest absolute Gasteiger partial charge is 0.461 e. The van der Waals surface area contributed by atoms with Gasteiger partial charge in [-0.15, -0.1) is 5.10 Å². The van der Waals surface area contributed by atoms with Gasteiger partial charge in [0, 0.05) is 12.4 Å². The van der Waals surface area contributed by atoms with Crippen molar-refractivity contribution < 1.29 is 9.53 Å². The van der Waals surface area contributed by atoms with Gasteiger partial charge in [-0.2, -0.15) is 0 Å². The van der Waals surface area contributed by atoms with Gasteiger partial charge in [-0.05, 0) is 25.5 Å². The van der Waals surface area contributed by atoms with Crippen LogP contribution >= 0.6 is 11.6 Å². The minimum Gasteiger partial charge on any atom is -0.461 e. The second kappa shape index (κ2) is 5.79. The van der Waals surface area contributed by atoms with Crippen LogP contribution in [-0.4, -0.2) is 32.6 Å². The highest BCUT2D eigenvalue weighted by atomic mass is 35.5. The van der Waals surface area contributed by atoms with Crippen LogP contribution in [0.15, 0.2) is 18.5 Å². The SMILES string of the molecule is CCOC(=O)c1nnn(Cc2ccncc2Cl)c1C. The molecule has 0 saturated carbocycles. The van der Waals surface area contributed by atoms with Crippen LogP contribution in [0.4, 0.5) is 0 Å². The van der Waals surface area contributed by atoms with Crippen molar-refractivity contribution >= 4 is 17.6 Å². The van der Waals surface area contributed by atoms with E-state index in [0.29, 0.717) is 23.9 Å². The predicted molar refractivity (Wildman–Crippen MR) is 69.1 cm³/mol. The van der Waals surface area contributed by atoms with Crippen LogP contribution in [-0.2, 0) is 11.3 Å². The van der Waals surface area contributed by atoms with E-state index in [1.807, 2.05) is 0 Å². The minimum absolute atomic E-state index is 0.229. The Kier molecular flexibility index (Phi) is 4.11. The molecule has 0 aliphatic rings. The molecule has 0 fully saturated rings. The molecule has 7 heteroatoms. The smallest absolute Gasteiger partial charge is 0.360 e. The molecule has 0 atom stereocenters. The number of hydrogen-bond donors (Lipinski definition) is 0. The summed E-state index contributed by atoms with van der Waals surface area (Å²) in [5.74, 6) is -0.466. The van der Waals surface area contributed by atoms with Gasteiger partial charge in [0.1, 0.15) is 0 Å². The molecule has 0 aliphatic heterocycles. The molecule has 19 heavy (non-hydrogen) atoms. The number of carbonyl (C=O) groups excluding carboxylic acids is 1.